The van der Waals surface area contributed by atoms with Gasteiger partial charge >= 0.3 is 5.63 Å². The van der Waals surface area contributed by atoms with Gasteiger partial charge in [0.1, 0.15) is 17.4 Å². The molecule has 6 heteroatoms. The number of aryl methyl sites for hydroxylation is 2. The zero-order chi connectivity index (χ0) is 22.1. The molecular formula is C25H26O6. The second-order valence-electron chi connectivity index (χ2n) is 7.81. The SMILES string of the molecule is CCCCc1cc(=O)oc2cc(C)c3c(c12)OC(c1ccc(OC)c(OC)c1)CC3=O. The van der Waals surface area contributed by atoms with E-state index in [-0.39, 0.29) is 12.2 Å². The van der Waals surface area contributed by atoms with Crippen molar-refractivity contribution in [3.8, 4) is 17.2 Å². The summed E-state index contributed by atoms with van der Waals surface area (Å²) in [4.78, 5) is 25.3. The van der Waals surface area contributed by atoms with Crippen LogP contribution >= 0.6 is 0 Å². The van der Waals surface area contributed by atoms with E-state index in [9.17, 15) is 9.59 Å². The van der Waals surface area contributed by atoms with Gasteiger partial charge in [-0.3, -0.25) is 4.79 Å². The van der Waals surface area contributed by atoms with Crippen LogP contribution in [0.1, 0.15) is 59.3 Å². The summed E-state index contributed by atoms with van der Waals surface area (Å²) >= 11 is 0. The Morgan fingerprint density at radius 2 is 1.84 bits per heavy atom. The maximum atomic E-state index is 13.2. The summed E-state index contributed by atoms with van der Waals surface area (Å²) in [6, 6.07) is 8.79. The number of carbonyl (C=O) groups is 1. The predicted octanol–water partition coefficient (Wildman–Crippen LogP) is 5.17. The third-order valence-electron chi connectivity index (χ3n) is 5.75. The van der Waals surface area contributed by atoms with Crippen molar-refractivity contribution in [1.29, 1.82) is 0 Å². The zero-order valence-electron chi connectivity index (χ0n) is 18.2. The first-order chi connectivity index (χ1) is 15.0. The van der Waals surface area contributed by atoms with E-state index >= 15 is 0 Å². The highest BCUT2D eigenvalue weighted by Gasteiger charge is 2.32. The summed E-state index contributed by atoms with van der Waals surface area (Å²) in [5.41, 5.74) is 3.04. The van der Waals surface area contributed by atoms with Gasteiger partial charge in [-0.25, -0.2) is 4.79 Å². The maximum absolute atomic E-state index is 13.2. The number of ether oxygens (including phenoxy) is 3. The van der Waals surface area contributed by atoms with E-state index in [2.05, 4.69) is 6.92 Å². The number of fused-ring (bicyclic) bond motifs is 3. The van der Waals surface area contributed by atoms with Crippen molar-refractivity contribution >= 4 is 16.8 Å². The van der Waals surface area contributed by atoms with Crippen LogP contribution < -0.4 is 19.8 Å². The molecule has 0 bridgehead atoms. The number of unbranched alkanes of at least 4 members (excludes halogenated alkanes) is 1. The predicted molar refractivity (Wildman–Crippen MR) is 118 cm³/mol. The molecule has 1 aliphatic rings. The first-order valence-electron chi connectivity index (χ1n) is 10.5. The molecule has 2 aromatic carbocycles. The Bertz CT molecular complexity index is 1210. The Labute approximate surface area is 180 Å². The minimum atomic E-state index is -0.476. The van der Waals surface area contributed by atoms with Crippen LogP contribution in [0.2, 0.25) is 0 Å². The number of hydrogen-bond donors (Lipinski definition) is 0. The van der Waals surface area contributed by atoms with Crippen molar-refractivity contribution in [1.82, 2.24) is 0 Å². The second-order valence-corrected chi connectivity index (χ2v) is 7.81. The Morgan fingerprint density at radius 3 is 2.55 bits per heavy atom. The first kappa shape index (κ1) is 21.0. The molecule has 4 rings (SSSR count). The molecule has 1 aliphatic heterocycles. The van der Waals surface area contributed by atoms with E-state index in [1.165, 1.54) is 6.07 Å². The monoisotopic (exact) mass is 422 g/mol. The second kappa shape index (κ2) is 8.46. The van der Waals surface area contributed by atoms with Gasteiger partial charge in [0.2, 0.25) is 0 Å². The van der Waals surface area contributed by atoms with Crippen LogP contribution in [-0.4, -0.2) is 20.0 Å². The van der Waals surface area contributed by atoms with E-state index in [4.69, 9.17) is 18.6 Å². The Hall–Kier alpha value is -3.28. The quantitative estimate of drug-likeness (QED) is 0.510. The molecule has 1 aromatic heterocycles. The van der Waals surface area contributed by atoms with Gasteiger partial charge in [0.15, 0.2) is 17.3 Å². The smallest absolute Gasteiger partial charge is 0.336 e. The van der Waals surface area contributed by atoms with E-state index in [0.29, 0.717) is 40.2 Å². The summed E-state index contributed by atoms with van der Waals surface area (Å²) in [5.74, 6) is 1.69. The maximum Gasteiger partial charge on any atom is 0.336 e. The highest BCUT2D eigenvalue weighted by atomic mass is 16.5. The van der Waals surface area contributed by atoms with E-state index in [1.54, 1.807) is 26.4 Å². The average molecular weight is 422 g/mol. The van der Waals surface area contributed by atoms with Crippen molar-refractivity contribution in [3.05, 3.63) is 63.0 Å². The number of Topliss-reactive ketones (excluding diaryl/α,β-unsaturated/α-hetero) is 1. The molecule has 0 spiro atoms. The molecule has 0 saturated carbocycles. The zero-order valence-corrected chi connectivity index (χ0v) is 18.2. The molecule has 0 amide bonds. The number of methoxy groups -OCH3 is 2. The highest BCUT2D eigenvalue weighted by Crippen LogP contribution is 2.44. The van der Waals surface area contributed by atoms with Gasteiger partial charge in [-0.2, -0.15) is 0 Å². The van der Waals surface area contributed by atoms with E-state index in [0.717, 1.165) is 29.5 Å². The molecule has 0 saturated heterocycles. The minimum Gasteiger partial charge on any atom is -0.493 e. The molecule has 31 heavy (non-hydrogen) atoms. The molecule has 3 aromatic rings. The van der Waals surface area contributed by atoms with Crippen molar-refractivity contribution in [2.45, 2.75) is 45.6 Å². The van der Waals surface area contributed by atoms with Gasteiger partial charge < -0.3 is 18.6 Å². The van der Waals surface area contributed by atoms with Gasteiger partial charge in [0, 0.05) is 6.07 Å². The molecule has 0 radical (unpaired) electrons. The normalized spacial score (nSPS) is 15.5. The average Bonchev–Trinajstić information content (AvgIpc) is 2.76. The van der Waals surface area contributed by atoms with Crippen LogP contribution in [-0.2, 0) is 6.42 Å². The van der Waals surface area contributed by atoms with Gasteiger partial charge in [-0.05, 0) is 54.7 Å². The van der Waals surface area contributed by atoms with E-state index < -0.39 is 11.7 Å². The molecule has 1 unspecified atom stereocenters. The fourth-order valence-electron chi connectivity index (χ4n) is 4.22. The summed E-state index contributed by atoms with van der Waals surface area (Å²) in [6.07, 6.45) is 2.37. The van der Waals surface area contributed by atoms with Crippen LogP contribution in [0.15, 0.2) is 39.5 Å². The third kappa shape index (κ3) is 3.78. The fourth-order valence-corrected chi connectivity index (χ4v) is 4.22. The third-order valence-corrected chi connectivity index (χ3v) is 5.75. The Kier molecular flexibility index (Phi) is 5.72. The van der Waals surface area contributed by atoms with Crippen molar-refractivity contribution in [3.63, 3.8) is 0 Å². The van der Waals surface area contributed by atoms with Crippen LogP contribution in [0.3, 0.4) is 0 Å². The molecule has 0 N–H and O–H groups in total. The van der Waals surface area contributed by atoms with Crippen molar-refractivity contribution in [2.24, 2.45) is 0 Å². The Morgan fingerprint density at radius 1 is 1.06 bits per heavy atom. The number of ketones is 1. The number of hydrogen-bond acceptors (Lipinski definition) is 6. The molecule has 2 heterocycles. The van der Waals surface area contributed by atoms with E-state index in [1.807, 2.05) is 19.1 Å². The van der Waals surface area contributed by atoms with Gasteiger partial charge in [-0.15, -0.1) is 0 Å². The van der Waals surface area contributed by atoms with Crippen molar-refractivity contribution < 1.29 is 23.4 Å². The number of rotatable bonds is 6. The van der Waals surface area contributed by atoms with Crippen LogP contribution in [0.25, 0.3) is 11.0 Å². The lowest BCUT2D eigenvalue weighted by Crippen LogP contribution is -2.22. The molecule has 0 fully saturated rings. The fraction of sp³-hybridized carbons (Fsp3) is 0.360. The lowest BCUT2D eigenvalue weighted by Gasteiger charge is -2.28. The summed E-state index contributed by atoms with van der Waals surface area (Å²) in [5, 5.41) is 0.715. The lowest BCUT2D eigenvalue weighted by molar-refractivity contribution is 0.0852. The molecular weight excluding hydrogens is 396 g/mol. The minimum absolute atomic E-state index is 0.00748. The molecule has 0 aliphatic carbocycles. The largest absolute Gasteiger partial charge is 0.493 e. The standard InChI is InChI=1S/C25H26O6/c1-5-6-7-16-12-22(27)30-21-10-14(2)23-17(26)13-19(31-25(23)24(16)21)15-8-9-18(28-3)20(11-15)29-4/h8-12,19H,5-7,13H2,1-4H3. The van der Waals surface area contributed by atoms with Crippen LogP contribution in [0.5, 0.6) is 17.2 Å². The molecule has 1 atom stereocenters. The molecule has 6 nitrogen and oxygen atoms in total. The Balaban J connectivity index is 1.88. The highest BCUT2D eigenvalue weighted by molar-refractivity contribution is 6.07. The van der Waals surface area contributed by atoms with Crippen molar-refractivity contribution in [2.75, 3.05) is 14.2 Å². The van der Waals surface area contributed by atoms with Crippen LogP contribution in [0.4, 0.5) is 0 Å². The summed E-state index contributed by atoms with van der Waals surface area (Å²) < 4.78 is 22.7. The topological polar surface area (TPSA) is 75.0 Å². The van der Waals surface area contributed by atoms with Gasteiger partial charge in [0.25, 0.3) is 0 Å². The van der Waals surface area contributed by atoms with Gasteiger partial charge in [0.05, 0.1) is 31.6 Å². The first-order valence-corrected chi connectivity index (χ1v) is 10.5. The number of benzene rings is 2. The molecule has 162 valence electrons. The summed E-state index contributed by atoms with van der Waals surface area (Å²) in [6.45, 7) is 3.94. The van der Waals surface area contributed by atoms with Gasteiger partial charge in [-0.1, -0.05) is 19.4 Å². The summed E-state index contributed by atoms with van der Waals surface area (Å²) in [7, 11) is 3.15. The lowest BCUT2D eigenvalue weighted by atomic mass is 9.90. The van der Waals surface area contributed by atoms with Crippen LogP contribution in [0, 0.1) is 6.92 Å². The number of carbonyl (C=O) groups excluding carboxylic acids is 1.